The summed E-state index contributed by atoms with van der Waals surface area (Å²) < 4.78 is 4.95. The van der Waals surface area contributed by atoms with Crippen LogP contribution in [0.25, 0.3) is 0 Å². The number of ketones is 1. The van der Waals surface area contributed by atoms with Gasteiger partial charge >= 0.3 is 0 Å². The van der Waals surface area contributed by atoms with Crippen molar-refractivity contribution in [2.45, 2.75) is 13.8 Å². The van der Waals surface area contributed by atoms with E-state index in [1.54, 1.807) is 25.3 Å². The first kappa shape index (κ1) is 14.0. The Labute approximate surface area is 108 Å². The molecule has 0 spiro atoms. The molecular weight excluding hydrogens is 224 g/mol. The van der Waals surface area contributed by atoms with E-state index in [0.29, 0.717) is 5.56 Å². The number of rotatable bonds is 2. The predicted molar refractivity (Wildman–Crippen MR) is 74.2 cm³/mol. The van der Waals surface area contributed by atoms with Gasteiger partial charge in [-0.05, 0) is 26.0 Å². The van der Waals surface area contributed by atoms with Gasteiger partial charge in [-0.1, -0.05) is 48.0 Å². The molecule has 0 heterocycles. The van der Waals surface area contributed by atoms with Crippen molar-refractivity contribution in [3.05, 3.63) is 65.7 Å². The van der Waals surface area contributed by atoms with Gasteiger partial charge in [0.05, 0.1) is 7.11 Å². The molecule has 0 fully saturated rings. The zero-order valence-electron chi connectivity index (χ0n) is 11.0. The first-order valence-corrected chi connectivity index (χ1v) is 5.80. The van der Waals surface area contributed by atoms with Gasteiger partial charge in [0.25, 0.3) is 0 Å². The molecule has 0 aromatic heterocycles. The molecule has 2 nitrogen and oxygen atoms in total. The van der Waals surface area contributed by atoms with Gasteiger partial charge in [0, 0.05) is 5.56 Å². The van der Waals surface area contributed by atoms with Gasteiger partial charge in [0.15, 0.2) is 5.78 Å². The molecular formula is C16H18O2. The maximum atomic E-state index is 10.9. The first-order valence-electron chi connectivity index (χ1n) is 5.80. The fourth-order valence-corrected chi connectivity index (χ4v) is 1.38. The highest BCUT2D eigenvalue weighted by Crippen LogP contribution is 2.12. The summed E-state index contributed by atoms with van der Waals surface area (Å²) in [6.45, 7) is 3.62. The molecule has 18 heavy (non-hydrogen) atoms. The highest BCUT2D eigenvalue weighted by molar-refractivity contribution is 5.94. The maximum Gasteiger partial charge on any atom is 0.159 e. The molecule has 0 saturated carbocycles. The van der Waals surface area contributed by atoms with E-state index in [0.717, 1.165) is 5.75 Å². The molecule has 94 valence electrons. The van der Waals surface area contributed by atoms with Crippen LogP contribution in [0.15, 0.2) is 54.6 Å². The summed E-state index contributed by atoms with van der Waals surface area (Å²) in [7, 11) is 1.58. The van der Waals surface area contributed by atoms with Crippen molar-refractivity contribution in [3.63, 3.8) is 0 Å². The van der Waals surface area contributed by atoms with E-state index in [1.807, 2.05) is 24.3 Å². The second-order valence-electron chi connectivity index (χ2n) is 3.94. The van der Waals surface area contributed by atoms with Gasteiger partial charge < -0.3 is 4.74 Å². The fraction of sp³-hybridized carbons (Fsp3) is 0.188. The minimum absolute atomic E-state index is 0.0592. The van der Waals surface area contributed by atoms with Gasteiger partial charge in [-0.3, -0.25) is 4.79 Å². The van der Waals surface area contributed by atoms with Crippen molar-refractivity contribution in [1.29, 1.82) is 0 Å². The zero-order valence-corrected chi connectivity index (χ0v) is 11.0. The lowest BCUT2D eigenvalue weighted by Gasteiger charge is -1.99. The summed E-state index contributed by atoms with van der Waals surface area (Å²) in [6, 6.07) is 17.4. The van der Waals surface area contributed by atoms with Gasteiger partial charge in [0.1, 0.15) is 5.75 Å². The zero-order chi connectivity index (χ0) is 13.4. The highest BCUT2D eigenvalue weighted by Gasteiger charge is 1.98. The van der Waals surface area contributed by atoms with Crippen LogP contribution < -0.4 is 4.74 Å². The van der Waals surface area contributed by atoms with Gasteiger partial charge in [-0.25, -0.2) is 0 Å². The average Bonchev–Trinajstić information content (AvgIpc) is 2.40. The SMILES string of the molecule is COc1cccc(C(C)=O)c1.Cc1ccccc1. The third-order valence-electron chi connectivity index (χ3n) is 2.42. The molecule has 0 saturated heterocycles. The Morgan fingerprint density at radius 1 is 1.00 bits per heavy atom. The molecule has 0 atom stereocenters. The summed E-state index contributed by atoms with van der Waals surface area (Å²) in [4.78, 5) is 10.9. The predicted octanol–water partition coefficient (Wildman–Crippen LogP) is 3.89. The van der Waals surface area contributed by atoms with Crippen molar-refractivity contribution in [2.24, 2.45) is 0 Å². The summed E-state index contributed by atoms with van der Waals surface area (Å²) in [5.41, 5.74) is 2.01. The van der Waals surface area contributed by atoms with Crippen molar-refractivity contribution in [2.75, 3.05) is 7.11 Å². The average molecular weight is 242 g/mol. The molecule has 0 bridgehead atoms. The number of carbonyl (C=O) groups excluding carboxylic acids is 1. The molecule has 0 aliphatic carbocycles. The van der Waals surface area contributed by atoms with E-state index in [4.69, 9.17) is 4.74 Å². The number of Topliss-reactive ketones (excluding diaryl/α,β-unsaturated/α-hetero) is 1. The Balaban J connectivity index is 0.000000199. The Hall–Kier alpha value is -2.09. The molecule has 0 N–H and O–H groups in total. The number of hydrogen-bond acceptors (Lipinski definition) is 2. The van der Waals surface area contributed by atoms with Crippen molar-refractivity contribution in [3.8, 4) is 5.75 Å². The largest absolute Gasteiger partial charge is 0.497 e. The molecule has 0 aliphatic rings. The lowest BCUT2D eigenvalue weighted by molar-refractivity contribution is 0.101. The number of ether oxygens (including phenoxy) is 1. The summed E-state index contributed by atoms with van der Waals surface area (Å²) in [5.74, 6) is 0.779. The molecule has 0 radical (unpaired) electrons. The van der Waals surface area contributed by atoms with E-state index in [2.05, 4.69) is 19.1 Å². The monoisotopic (exact) mass is 242 g/mol. The Kier molecular flexibility index (Phi) is 5.65. The number of benzene rings is 2. The number of methoxy groups -OCH3 is 1. The normalized spacial score (nSPS) is 9.06. The second kappa shape index (κ2) is 7.28. The Bertz CT molecular complexity index is 489. The van der Waals surface area contributed by atoms with E-state index in [1.165, 1.54) is 12.5 Å². The van der Waals surface area contributed by atoms with Crippen LogP contribution in [0, 0.1) is 6.92 Å². The molecule has 0 aliphatic heterocycles. The van der Waals surface area contributed by atoms with E-state index < -0.39 is 0 Å². The van der Waals surface area contributed by atoms with Gasteiger partial charge in [-0.15, -0.1) is 0 Å². The lowest BCUT2D eigenvalue weighted by atomic mass is 10.1. The summed E-state index contributed by atoms with van der Waals surface area (Å²) in [5, 5.41) is 0. The molecule has 2 aromatic rings. The van der Waals surface area contributed by atoms with Crippen LogP contribution in [0.5, 0.6) is 5.75 Å². The van der Waals surface area contributed by atoms with Crippen LogP contribution >= 0.6 is 0 Å². The maximum absolute atomic E-state index is 10.9. The minimum Gasteiger partial charge on any atom is -0.497 e. The molecule has 2 aromatic carbocycles. The van der Waals surface area contributed by atoms with E-state index >= 15 is 0 Å². The lowest BCUT2D eigenvalue weighted by Crippen LogP contribution is -1.92. The third-order valence-corrected chi connectivity index (χ3v) is 2.42. The van der Waals surface area contributed by atoms with Crippen molar-refractivity contribution < 1.29 is 9.53 Å². The topological polar surface area (TPSA) is 26.3 Å². The van der Waals surface area contributed by atoms with E-state index in [-0.39, 0.29) is 5.78 Å². The fourth-order valence-electron chi connectivity index (χ4n) is 1.38. The number of hydrogen-bond donors (Lipinski definition) is 0. The number of aryl methyl sites for hydroxylation is 1. The Morgan fingerprint density at radius 2 is 1.67 bits per heavy atom. The third kappa shape index (κ3) is 4.83. The van der Waals surface area contributed by atoms with E-state index in [9.17, 15) is 4.79 Å². The highest BCUT2D eigenvalue weighted by atomic mass is 16.5. The quantitative estimate of drug-likeness (QED) is 0.747. The van der Waals surface area contributed by atoms with Crippen LogP contribution in [0.4, 0.5) is 0 Å². The van der Waals surface area contributed by atoms with Crippen LogP contribution in [-0.2, 0) is 0 Å². The molecule has 0 unspecified atom stereocenters. The molecule has 2 heteroatoms. The van der Waals surface area contributed by atoms with Crippen molar-refractivity contribution >= 4 is 5.78 Å². The van der Waals surface area contributed by atoms with Crippen LogP contribution in [0.2, 0.25) is 0 Å². The second-order valence-corrected chi connectivity index (χ2v) is 3.94. The number of carbonyl (C=O) groups is 1. The minimum atomic E-state index is 0.0592. The molecule has 2 rings (SSSR count). The van der Waals surface area contributed by atoms with Gasteiger partial charge in [-0.2, -0.15) is 0 Å². The van der Waals surface area contributed by atoms with Crippen LogP contribution in [-0.4, -0.2) is 12.9 Å². The standard InChI is InChI=1S/C9H10O2.C7H8/c1-7(10)8-4-3-5-9(6-8)11-2;1-7-5-3-2-4-6-7/h3-6H,1-2H3;2-6H,1H3. The van der Waals surface area contributed by atoms with Crippen molar-refractivity contribution in [1.82, 2.24) is 0 Å². The molecule has 0 amide bonds. The van der Waals surface area contributed by atoms with Crippen LogP contribution in [0.1, 0.15) is 22.8 Å². The summed E-state index contributed by atoms with van der Waals surface area (Å²) in [6.07, 6.45) is 0. The van der Waals surface area contributed by atoms with Gasteiger partial charge in [0.2, 0.25) is 0 Å². The summed E-state index contributed by atoms with van der Waals surface area (Å²) >= 11 is 0. The smallest absolute Gasteiger partial charge is 0.159 e. The van der Waals surface area contributed by atoms with Crippen LogP contribution in [0.3, 0.4) is 0 Å². The first-order chi connectivity index (χ1) is 8.63. The Morgan fingerprint density at radius 3 is 2.11 bits per heavy atom.